The molecule has 2 aromatic rings. The second-order valence-electron chi connectivity index (χ2n) is 6.81. The molecule has 0 spiro atoms. The molecule has 0 radical (unpaired) electrons. The predicted molar refractivity (Wildman–Crippen MR) is 98.7 cm³/mol. The van der Waals surface area contributed by atoms with Crippen molar-refractivity contribution < 1.29 is 13.9 Å². The first-order valence-electron chi connectivity index (χ1n) is 9.26. The van der Waals surface area contributed by atoms with Gasteiger partial charge < -0.3 is 15.3 Å². The minimum atomic E-state index is -2.90. The van der Waals surface area contributed by atoms with E-state index in [0.29, 0.717) is 28.1 Å². The first-order valence-corrected chi connectivity index (χ1v) is 9.26. The van der Waals surface area contributed by atoms with Gasteiger partial charge in [0, 0.05) is 23.9 Å². The summed E-state index contributed by atoms with van der Waals surface area (Å²) in [4.78, 5) is 13.8. The molecule has 7 nitrogen and oxygen atoms in total. The molecule has 0 amide bonds. The smallest absolute Gasteiger partial charge is 0.321 e. The molecule has 3 heterocycles. The molecule has 0 aromatic carbocycles. The summed E-state index contributed by atoms with van der Waals surface area (Å²) in [6.07, 6.45) is 5.61. The van der Waals surface area contributed by atoms with E-state index in [1.807, 2.05) is 0 Å². The zero-order valence-electron chi connectivity index (χ0n) is 15.1. The van der Waals surface area contributed by atoms with Crippen LogP contribution in [0.15, 0.2) is 29.2 Å². The van der Waals surface area contributed by atoms with Crippen LogP contribution in [0.5, 0.6) is 0 Å². The minimum absolute atomic E-state index is 0.360. The number of pyridine rings is 1. The van der Waals surface area contributed by atoms with Crippen molar-refractivity contribution in [3.05, 3.63) is 34.7 Å². The van der Waals surface area contributed by atoms with E-state index in [1.54, 1.807) is 6.07 Å². The molecule has 1 atom stereocenters. The number of hydrogen-bond donors (Lipinski definition) is 3. The highest BCUT2D eigenvalue weighted by atomic mass is 19.3. The Morgan fingerprint density at radius 2 is 2.04 bits per heavy atom. The lowest BCUT2D eigenvalue weighted by Crippen LogP contribution is -2.31. The number of aromatic nitrogens is 3. The molecule has 1 saturated heterocycles. The predicted octanol–water partition coefficient (Wildman–Crippen LogP) is 2.63. The van der Waals surface area contributed by atoms with E-state index in [2.05, 4.69) is 20.4 Å². The number of halogens is 2. The number of nitrogens with one attached hydrogen (secondary N) is 2. The number of alkyl halides is 2. The van der Waals surface area contributed by atoms with Crippen LogP contribution in [-0.4, -0.2) is 50.6 Å². The van der Waals surface area contributed by atoms with E-state index in [9.17, 15) is 18.7 Å². The van der Waals surface area contributed by atoms with Crippen LogP contribution in [0.2, 0.25) is 0 Å². The summed E-state index contributed by atoms with van der Waals surface area (Å²) >= 11 is 0. The van der Waals surface area contributed by atoms with E-state index >= 15 is 0 Å². The molecule has 0 saturated carbocycles. The van der Waals surface area contributed by atoms with Crippen molar-refractivity contribution in [2.75, 3.05) is 25.0 Å². The van der Waals surface area contributed by atoms with Gasteiger partial charge in [0.15, 0.2) is 0 Å². The zero-order chi connectivity index (χ0) is 19.2. The summed E-state index contributed by atoms with van der Waals surface area (Å²) in [5.41, 5.74) is 0.123. The number of nitrogens with zero attached hydrogens (tertiary/aromatic N) is 3. The van der Waals surface area contributed by atoms with Crippen LogP contribution in [0, 0.1) is 0 Å². The summed E-state index contributed by atoms with van der Waals surface area (Å²) in [6, 6.07) is 4.15. The lowest BCUT2D eigenvalue weighted by atomic mass is 10.1. The van der Waals surface area contributed by atoms with Crippen LogP contribution in [0.4, 0.5) is 14.6 Å². The second kappa shape index (κ2) is 9.09. The largest absolute Gasteiger partial charge is 0.374 e. The average Bonchev–Trinajstić information content (AvgIpc) is 3.11. The zero-order valence-corrected chi connectivity index (χ0v) is 15.1. The fourth-order valence-electron chi connectivity index (χ4n) is 3.29. The van der Waals surface area contributed by atoms with Gasteiger partial charge in [-0.2, -0.15) is 13.9 Å². The molecule has 27 heavy (non-hydrogen) atoms. The van der Waals surface area contributed by atoms with Crippen LogP contribution in [0.3, 0.4) is 0 Å². The van der Waals surface area contributed by atoms with Gasteiger partial charge in [0.2, 0.25) is 0 Å². The van der Waals surface area contributed by atoms with E-state index in [-0.39, 0.29) is 0 Å². The number of likely N-dealkylation sites (tertiary alicyclic amines) is 1. The molecular weight excluding hydrogens is 356 g/mol. The maximum absolute atomic E-state index is 12.8. The molecule has 3 rings (SSSR count). The quantitative estimate of drug-likeness (QED) is 0.612. The van der Waals surface area contributed by atoms with Crippen LogP contribution in [0.25, 0.3) is 11.3 Å². The van der Waals surface area contributed by atoms with Crippen molar-refractivity contribution >= 4 is 5.82 Å². The summed E-state index contributed by atoms with van der Waals surface area (Å²) in [7, 11) is 0. The van der Waals surface area contributed by atoms with Gasteiger partial charge in [0.05, 0.1) is 5.69 Å². The number of aromatic amines is 1. The fraction of sp³-hybridized carbons (Fsp3) is 0.556. The van der Waals surface area contributed by atoms with Crippen molar-refractivity contribution in [3.63, 3.8) is 0 Å². The first-order chi connectivity index (χ1) is 13.0. The van der Waals surface area contributed by atoms with Crippen LogP contribution >= 0.6 is 0 Å². The van der Waals surface area contributed by atoms with Gasteiger partial charge >= 0.3 is 6.55 Å². The second-order valence-corrected chi connectivity index (χ2v) is 6.81. The number of anilines is 1. The Kier molecular flexibility index (Phi) is 6.57. The number of aliphatic hydroxyl groups is 1. The normalized spacial score (nSPS) is 16.6. The monoisotopic (exact) mass is 381 g/mol. The summed E-state index contributed by atoms with van der Waals surface area (Å²) in [6.45, 7) is 0.333. The Bertz CT molecular complexity index is 786. The van der Waals surface area contributed by atoms with Gasteiger partial charge in [-0.1, -0.05) is 6.42 Å². The van der Waals surface area contributed by atoms with Gasteiger partial charge in [-0.15, -0.1) is 0 Å². The average molecular weight is 381 g/mol. The summed E-state index contributed by atoms with van der Waals surface area (Å²) in [5, 5.41) is 19.8. The fourth-order valence-corrected chi connectivity index (χ4v) is 3.29. The molecule has 1 fully saturated rings. The Labute approximate surface area is 156 Å². The van der Waals surface area contributed by atoms with Crippen LogP contribution in [-0.2, 0) is 0 Å². The van der Waals surface area contributed by atoms with E-state index in [0.717, 1.165) is 38.3 Å². The Balaban J connectivity index is 1.53. The molecule has 2 aromatic heterocycles. The standard InChI is InChI=1S/C18H25F2N5O2/c19-18(20)25-12-13(6-7-17(25)27)14-11-15(23-22-14)21-16(26)5-4-10-24-8-2-1-3-9-24/h6-7,11-12,16,18,26H,1-5,8-10H2,(H2,21,22,23). The molecule has 0 aliphatic carbocycles. The van der Waals surface area contributed by atoms with Crippen molar-refractivity contribution in [1.82, 2.24) is 19.7 Å². The van der Waals surface area contributed by atoms with E-state index in [4.69, 9.17) is 0 Å². The maximum Gasteiger partial charge on any atom is 0.321 e. The summed E-state index contributed by atoms with van der Waals surface area (Å²) < 4.78 is 26.0. The lowest BCUT2D eigenvalue weighted by molar-refractivity contribution is 0.0665. The van der Waals surface area contributed by atoms with E-state index in [1.165, 1.54) is 25.3 Å². The van der Waals surface area contributed by atoms with Crippen molar-refractivity contribution in [2.24, 2.45) is 0 Å². The van der Waals surface area contributed by atoms with Gasteiger partial charge in [-0.25, -0.2) is 0 Å². The Morgan fingerprint density at radius 3 is 2.78 bits per heavy atom. The molecule has 1 unspecified atom stereocenters. The Morgan fingerprint density at radius 1 is 1.26 bits per heavy atom. The van der Waals surface area contributed by atoms with Crippen molar-refractivity contribution in [1.29, 1.82) is 0 Å². The number of hydrogen-bond acceptors (Lipinski definition) is 5. The number of rotatable bonds is 8. The van der Waals surface area contributed by atoms with Gasteiger partial charge in [-0.05, 0) is 51.4 Å². The van der Waals surface area contributed by atoms with Crippen LogP contribution < -0.4 is 10.9 Å². The SMILES string of the molecule is O=c1ccc(-c2cc(NC(O)CCCN3CCCCC3)n[nH]2)cn1C(F)F. The van der Waals surface area contributed by atoms with Crippen LogP contribution in [0.1, 0.15) is 38.7 Å². The molecule has 148 valence electrons. The Hall–Kier alpha value is -2.26. The topological polar surface area (TPSA) is 86.2 Å². The number of piperidine rings is 1. The third kappa shape index (κ3) is 5.36. The molecule has 1 aliphatic rings. The molecule has 0 bridgehead atoms. The highest BCUT2D eigenvalue weighted by Gasteiger charge is 2.13. The lowest BCUT2D eigenvalue weighted by Gasteiger charge is -2.26. The highest BCUT2D eigenvalue weighted by Crippen LogP contribution is 2.20. The maximum atomic E-state index is 12.8. The van der Waals surface area contributed by atoms with E-state index < -0.39 is 18.3 Å². The van der Waals surface area contributed by atoms with Gasteiger partial charge in [0.1, 0.15) is 12.0 Å². The summed E-state index contributed by atoms with van der Waals surface area (Å²) in [5.74, 6) is 0.422. The molecular formula is C18H25F2N5O2. The highest BCUT2D eigenvalue weighted by molar-refractivity contribution is 5.61. The van der Waals surface area contributed by atoms with Crippen molar-refractivity contribution in [3.8, 4) is 11.3 Å². The molecule has 1 aliphatic heterocycles. The van der Waals surface area contributed by atoms with Gasteiger partial charge in [-0.3, -0.25) is 14.5 Å². The minimum Gasteiger partial charge on any atom is -0.374 e. The first kappa shape index (κ1) is 19.5. The third-order valence-corrected chi connectivity index (χ3v) is 4.75. The number of H-pyrrole nitrogens is 1. The van der Waals surface area contributed by atoms with Gasteiger partial charge in [0.25, 0.3) is 5.56 Å². The number of aliphatic hydroxyl groups excluding tert-OH is 1. The molecule has 9 heteroatoms. The third-order valence-electron chi connectivity index (χ3n) is 4.75. The molecule has 3 N–H and O–H groups in total. The van der Waals surface area contributed by atoms with Crippen molar-refractivity contribution in [2.45, 2.75) is 44.9 Å².